The van der Waals surface area contributed by atoms with Crippen LogP contribution in [-0.2, 0) is 11.3 Å². The summed E-state index contributed by atoms with van der Waals surface area (Å²) in [6.07, 6.45) is 0.651. The van der Waals surface area contributed by atoms with Crippen LogP contribution in [-0.4, -0.2) is 40.8 Å². The molecule has 3 rings (SSSR count). The number of carboxylic acid groups (broad SMARTS) is 1. The van der Waals surface area contributed by atoms with Crippen LogP contribution in [0.4, 0.5) is 0 Å². The highest BCUT2D eigenvalue weighted by atomic mass is 35.5. The Bertz CT molecular complexity index is 810. The zero-order valence-electron chi connectivity index (χ0n) is 14.2. The molecular formula is C19H19Cl2NO4. The highest BCUT2D eigenvalue weighted by molar-refractivity contribution is 6.31. The van der Waals surface area contributed by atoms with E-state index in [1.165, 1.54) is 13.2 Å². The number of likely N-dealkylation sites (tertiary alicyclic amines) is 1. The van der Waals surface area contributed by atoms with Gasteiger partial charge in [0.15, 0.2) is 11.5 Å². The number of rotatable bonds is 5. The molecule has 2 aromatic carbocycles. The average Bonchev–Trinajstić information content (AvgIpc) is 3.00. The lowest BCUT2D eigenvalue weighted by Crippen LogP contribution is -2.38. The lowest BCUT2D eigenvalue weighted by molar-refractivity contribution is -0.142. The minimum Gasteiger partial charge on any atom is -0.504 e. The molecule has 2 aromatic rings. The van der Waals surface area contributed by atoms with Gasteiger partial charge in [0.2, 0.25) is 0 Å². The van der Waals surface area contributed by atoms with Crippen molar-refractivity contribution in [2.45, 2.75) is 24.9 Å². The molecular weight excluding hydrogens is 377 g/mol. The minimum atomic E-state index is -0.899. The number of phenolic OH excluding ortho intramolecular Hbond substituents is 1. The van der Waals surface area contributed by atoms with E-state index in [4.69, 9.17) is 27.9 Å². The molecule has 0 saturated carbocycles. The molecule has 1 aliphatic heterocycles. The van der Waals surface area contributed by atoms with Crippen molar-refractivity contribution in [2.75, 3.05) is 13.7 Å². The zero-order valence-corrected chi connectivity index (χ0v) is 15.7. The van der Waals surface area contributed by atoms with Gasteiger partial charge in [-0.2, -0.15) is 0 Å². The second kappa shape index (κ2) is 7.74. The Hall–Kier alpha value is -1.95. The predicted molar refractivity (Wildman–Crippen MR) is 100 cm³/mol. The summed E-state index contributed by atoms with van der Waals surface area (Å²) in [7, 11) is 1.45. The molecule has 1 fully saturated rings. The molecule has 0 radical (unpaired) electrons. The SMILES string of the molecule is COc1cc(C2CCN(Cc3ccc(Cl)cc3)[C@@H]2C(=O)O)c(Cl)cc1O. The number of aliphatic carboxylic acids is 1. The highest BCUT2D eigenvalue weighted by Gasteiger charge is 2.41. The van der Waals surface area contributed by atoms with Crippen molar-refractivity contribution < 1.29 is 19.7 Å². The van der Waals surface area contributed by atoms with Crippen LogP contribution < -0.4 is 4.74 Å². The van der Waals surface area contributed by atoms with Crippen LogP contribution in [0.2, 0.25) is 10.0 Å². The number of phenols is 1. The molecule has 1 heterocycles. The van der Waals surface area contributed by atoms with Gasteiger partial charge < -0.3 is 14.9 Å². The van der Waals surface area contributed by atoms with Crippen molar-refractivity contribution in [3.05, 3.63) is 57.6 Å². The summed E-state index contributed by atoms with van der Waals surface area (Å²) in [4.78, 5) is 13.9. The molecule has 1 unspecified atom stereocenters. The number of aromatic hydroxyl groups is 1. The Morgan fingerprint density at radius 1 is 1.27 bits per heavy atom. The molecule has 7 heteroatoms. The Balaban J connectivity index is 1.89. The van der Waals surface area contributed by atoms with Crippen molar-refractivity contribution in [3.63, 3.8) is 0 Å². The van der Waals surface area contributed by atoms with Gasteiger partial charge >= 0.3 is 5.97 Å². The van der Waals surface area contributed by atoms with Gasteiger partial charge in [0.25, 0.3) is 0 Å². The number of carboxylic acids is 1. The molecule has 0 spiro atoms. The lowest BCUT2D eigenvalue weighted by atomic mass is 9.91. The summed E-state index contributed by atoms with van der Waals surface area (Å²) in [6, 6.07) is 9.69. The predicted octanol–water partition coefficient (Wildman–Crippen LogP) is 4.15. The molecule has 1 aliphatic rings. The molecule has 2 atom stereocenters. The number of methoxy groups -OCH3 is 1. The van der Waals surface area contributed by atoms with E-state index in [1.54, 1.807) is 18.2 Å². The summed E-state index contributed by atoms with van der Waals surface area (Å²) < 4.78 is 5.15. The van der Waals surface area contributed by atoms with Gasteiger partial charge in [0, 0.05) is 35.1 Å². The molecule has 138 valence electrons. The smallest absolute Gasteiger partial charge is 0.321 e. The number of nitrogens with zero attached hydrogens (tertiary/aromatic N) is 1. The van der Waals surface area contributed by atoms with Crippen molar-refractivity contribution in [2.24, 2.45) is 0 Å². The van der Waals surface area contributed by atoms with Gasteiger partial charge in [-0.1, -0.05) is 35.3 Å². The lowest BCUT2D eigenvalue weighted by Gasteiger charge is -2.25. The fourth-order valence-electron chi connectivity index (χ4n) is 3.52. The van der Waals surface area contributed by atoms with Gasteiger partial charge in [-0.15, -0.1) is 0 Å². The summed E-state index contributed by atoms with van der Waals surface area (Å²) in [5, 5.41) is 20.7. The standard InChI is InChI=1S/C19H19Cl2NO4/c1-26-17-8-14(15(21)9-16(17)23)13-6-7-22(18(13)19(24)25)10-11-2-4-12(20)5-3-11/h2-5,8-9,13,18,23H,6-7,10H2,1H3,(H,24,25)/t13?,18-/m0/s1. The number of halogens is 2. The van der Waals surface area contributed by atoms with Crippen molar-refractivity contribution in [1.29, 1.82) is 0 Å². The topological polar surface area (TPSA) is 70.0 Å². The van der Waals surface area contributed by atoms with Crippen LogP contribution >= 0.6 is 23.2 Å². The Labute approximate surface area is 161 Å². The quantitative estimate of drug-likeness (QED) is 0.795. The normalized spacial score (nSPS) is 20.3. The largest absolute Gasteiger partial charge is 0.504 e. The molecule has 1 saturated heterocycles. The van der Waals surface area contributed by atoms with E-state index in [-0.39, 0.29) is 17.4 Å². The Morgan fingerprint density at radius 2 is 1.96 bits per heavy atom. The van der Waals surface area contributed by atoms with E-state index in [0.717, 1.165) is 5.56 Å². The number of hydrogen-bond acceptors (Lipinski definition) is 4. The van der Waals surface area contributed by atoms with Gasteiger partial charge in [-0.3, -0.25) is 9.69 Å². The van der Waals surface area contributed by atoms with Crippen LogP contribution in [0.15, 0.2) is 36.4 Å². The van der Waals surface area contributed by atoms with Gasteiger partial charge in [-0.25, -0.2) is 0 Å². The monoisotopic (exact) mass is 395 g/mol. The second-order valence-electron chi connectivity index (χ2n) is 6.32. The number of benzene rings is 2. The third-order valence-corrected chi connectivity index (χ3v) is 5.33. The summed E-state index contributed by atoms with van der Waals surface area (Å²) in [5.41, 5.74) is 1.67. The van der Waals surface area contributed by atoms with E-state index < -0.39 is 12.0 Å². The first-order chi connectivity index (χ1) is 12.4. The summed E-state index contributed by atoms with van der Waals surface area (Å²) >= 11 is 12.2. The van der Waals surface area contributed by atoms with Crippen molar-refractivity contribution in [1.82, 2.24) is 4.90 Å². The van der Waals surface area contributed by atoms with Crippen LogP contribution in [0, 0.1) is 0 Å². The highest BCUT2D eigenvalue weighted by Crippen LogP contribution is 2.42. The van der Waals surface area contributed by atoms with E-state index >= 15 is 0 Å². The van der Waals surface area contributed by atoms with Gasteiger partial charge in [0.1, 0.15) is 6.04 Å². The Morgan fingerprint density at radius 3 is 2.58 bits per heavy atom. The molecule has 5 nitrogen and oxygen atoms in total. The molecule has 0 aromatic heterocycles. The maximum atomic E-state index is 12.0. The average molecular weight is 396 g/mol. The maximum absolute atomic E-state index is 12.0. The van der Waals surface area contributed by atoms with Crippen molar-refractivity contribution in [3.8, 4) is 11.5 Å². The fourth-order valence-corrected chi connectivity index (χ4v) is 3.94. The van der Waals surface area contributed by atoms with Gasteiger partial charge in [-0.05, 0) is 35.7 Å². The van der Waals surface area contributed by atoms with Crippen molar-refractivity contribution >= 4 is 29.2 Å². The first kappa shape index (κ1) is 18.8. The van der Waals surface area contributed by atoms with E-state index in [1.807, 2.05) is 17.0 Å². The third-order valence-electron chi connectivity index (χ3n) is 4.75. The van der Waals surface area contributed by atoms with E-state index in [9.17, 15) is 15.0 Å². The minimum absolute atomic E-state index is 0.0656. The molecule has 0 bridgehead atoms. The number of carbonyl (C=O) groups is 1. The molecule has 0 amide bonds. The molecule has 2 N–H and O–H groups in total. The van der Waals surface area contributed by atoms with Crippen LogP contribution in [0.1, 0.15) is 23.5 Å². The fraction of sp³-hybridized carbons (Fsp3) is 0.316. The first-order valence-corrected chi connectivity index (χ1v) is 8.94. The van der Waals surface area contributed by atoms with E-state index in [2.05, 4.69) is 0 Å². The number of hydrogen-bond donors (Lipinski definition) is 2. The van der Waals surface area contributed by atoms with E-state index in [0.29, 0.717) is 35.1 Å². The summed E-state index contributed by atoms with van der Waals surface area (Å²) in [6.45, 7) is 1.14. The van der Waals surface area contributed by atoms with Crippen LogP contribution in [0.25, 0.3) is 0 Å². The van der Waals surface area contributed by atoms with Crippen LogP contribution in [0.5, 0.6) is 11.5 Å². The summed E-state index contributed by atoms with van der Waals surface area (Å²) in [5.74, 6) is -0.972. The third kappa shape index (κ3) is 3.75. The second-order valence-corrected chi connectivity index (χ2v) is 7.16. The maximum Gasteiger partial charge on any atom is 0.321 e. The van der Waals surface area contributed by atoms with Crippen LogP contribution in [0.3, 0.4) is 0 Å². The van der Waals surface area contributed by atoms with Gasteiger partial charge in [0.05, 0.1) is 7.11 Å². The number of ether oxygens (including phenoxy) is 1. The molecule has 26 heavy (non-hydrogen) atoms. The Kier molecular flexibility index (Phi) is 5.61. The first-order valence-electron chi connectivity index (χ1n) is 8.18. The zero-order chi connectivity index (χ0) is 18.8. The molecule has 0 aliphatic carbocycles.